The number of carbonyl (C=O) groups excluding carboxylic acids is 2. The second kappa shape index (κ2) is 11.6. The first-order valence-electron chi connectivity index (χ1n) is 10.8. The van der Waals surface area contributed by atoms with Crippen molar-refractivity contribution in [3.05, 3.63) is 56.9 Å². The number of nitrogens with one attached hydrogen (secondary N) is 1. The standard InChI is InChI=1S/C24H22Cl2N2O5S2/c1-31-19-10-14(11-20-23(30)28(24(34)35-20)12-15-4-3-9-32-15)7-8-18(19)33-13-21(29)27-17-6-2-5-16(25)22(17)26/h2,5-8,10-11,15H,3-4,9,12-13H2,1H3,(H,27,29)/b20-11-/t15-/m1/s1. The smallest absolute Gasteiger partial charge is 0.266 e. The van der Waals surface area contributed by atoms with Crippen molar-refractivity contribution in [1.29, 1.82) is 0 Å². The number of carbonyl (C=O) groups is 2. The molecule has 0 unspecified atom stereocenters. The molecule has 0 aromatic heterocycles. The van der Waals surface area contributed by atoms with Crippen molar-refractivity contribution in [1.82, 2.24) is 4.90 Å². The molecule has 11 heteroatoms. The zero-order valence-electron chi connectivity index (χ0n) is 18.7. The first kappa shape index (κ1) is 25.8. The Morgan fingerprint density at radius 2 is 2.14 bits per heavy atom. The van der Waals surface area contributed by atoms with Crippen LogP contribution in [0.2, 0.25) is 10.0 Å². The van der Waals surface area contributed by atoms with Crippen LogP contribution in [0.5, 0.6) is 11.5 Å². The molecule has 0 radical (unpaired) electrons. The molecule has 2 aliphatic heterocycles. The molecule has 0 saturated carbocycles. The summed E-state index contributed by atoms with van der Waals surface area (Å²) in [6, 6.07) is 10.1. The average Bonchev–Trinajstić information content (AvgIpc) is 3.45. The maximum atomic E-state index is 12.9. The van der Waals surface area contributed by atoms with Gasteiger partial charge in [-0.1, -0.05) is 59.3 Å². The normalized spacial score (nSPS) is 18.9. The van der Waals surface area contributed by atoms with E-state index in [1.165, 1.54) is 18.9 Å². The Hall–Kier alpha value is -2.30. The molecule has 0 aliphatic carbocycles. The van der Waals surface area contributed by atoms with E-state index in [1.807, 2.05) is 0 Å². The van der Waals surface area contributed by atoms with E-state index >= 15 is 0 Å². The molecule has 35 heavy (non-hydrogen) atoms. The lowest BCUT2D eigenvalue weighted by molar-refractivity contribution is -0.123. The Balaban J connectivity index is 1.40. The highest BCUT2D eigenvalue weighted by molar-refractivity contribution is 8.26. The highest BCUT2D eigenvalue weighted by atomic mass is 35.5. The maximum Gasteiger partial charge on any atom is 0.266 e. The molecular weight excluding hydrogens is 531 g/mol. The third kappa shape index (κ3) is 6.29. The number of methoxy groups -OCH3 is 1. The SMILES string of the molecule is COc1cc(/C=C2\SC(=S)N(C[C@H]3CCCO3)C2=O)ccc1OCC(=O)Nc1cccc(Cl)c1Cl. The lowest BCUT2D eigenvalue weighted by atomic mass is 10.1. The summed E-state index contributed by atoms with van der Waals surface area (Å²) in [5, 5.41) is 3.26. The van der Waals surface area contributed by atoms with Gasteiger partial charge in [0.05, 0.1) is 40.4 Å². The number of anilines is 1. The van der Waals surface area contributed by atoms with Crippen LogP contribution in [0.3, 0.4) is 0 Å². The third-order valence-electron chi connectivity index (χ3n) is 5.35. The second-order valence-corrected chi connectivity index (χ2v) is 10.2. The van der Waals surface area contributed by atoms with E-state index in [1.54, 1.807) is 47.4 Å². The summed E-state index contributed by atoms with van der Waals surface area (Å²) >= 11 is 18.8. The van der Waals surface area contributed by atoms with Crippen molar-refractivity contribution in [2.45, 2.75) is 18.9 Å². The van der Waals surface area contributed by atoms with Crippen LogP contribution in [0.4, 0.5) is 5.69 Å². The van der Waals surface area contributed by atoms with Crippen molar-refractivity contribution < 1.29 is 23.8 Å². The number of halogens is 2. The Morgan fingerprint density at radius 1 is 1.31 bits per heavy atom. The van der Waals surface area contributed by atoms with Gasteiger partial charge in [0.15, 0.2) is 18.1 Å². The van der Waals surface area contributed by atoms with Crippen LogP contribution in [-0.2, 0) is 14.3 Å². The minimum Gasteiger partial charge on any atom is -0.493 e. The van der Waals surface area contributed by atoms with Crippen molar-refractivity contribution >= 4 is 75.1 Å². The van der Waals surface area contributed by atoms with Crippen LogP contribution >= 0.6 is 47.2 Å². The van der Waals surface area contributed by atoms with Gasteiger partial charge in [-0.15, -0.1) is 0 Å². The number of rotatable bonds is 8. The van der Waals surface area contributed by atoms with E-state index in [4.69, 9.17) is 49.6 Å². The summed E-state index contributed by atoms with van der Waals surface area (Å²) < 4.78 is 17.2. The molecule has 4 rings (SSSR count). The minimum absolute atomic E-state index is 0.0282. The van der Waals surface area contributed by atoms with Crippen LogP contribution in [0.25, 0.3) is 6.08 Å². The van der Waals surface area contributed by atoms with Crippen molar-refractivity contribution in [3.63, 3.8) is 0 Å². The molecule has 2 fully saturated rings. The third-order valence-corrected chi connectivity index (χ3v) is 7.55. The van der Waals surface area contributed by atoms with E-state index in [2.05, 4.69) is 5.32 Å². The van der Waals surface area contributed by atoms with Gasteiger partial charge in [0.1, 0.15) is 4.32 Å². The maximum absolute atomic E-state index is 12.9. The predicted molar refractivity (Wildman–Crippen MR) is 142 cm³/mol. The summed E-state index contributed by atoms with van der Waals surface area (Å²) in [6.07, 6.45) is 3.72. The zero-order chi connectivity index (χ0) is 24.9. The number of nitrogens with zero attached hydrogens (tertiary/aromatic N) is 1. The summed E-state index contributed by atoms with van der Waals surface area (Å²) in [6.45, 7) is 0.931. The van der Waals surface area contributed by atoms with Gasteiger partial charge in [0.2, 0.25) is 0 Å². The fourth-order valence-electron chi connectivity index (χ4n) is 3.62. The lowest BCUT2D eigenvalue weighted by Crippen LogP contribution is -2.35. The van der Waals surface area contributed by atoms with E-state index in [9.17, 15) is 9.59 Å². The van der Waals surface area contributed by atoms with Gasteiger partial charge >= 0.3 is 0 Å². The van der Waals surface area contributed by atoms with E-state index in [0.717, 1.165) is 25.0 Å². The van der Waals surface area contributed by atoms with Crippen molar-refractivity contribution in [2.75, 3.05) is 32.2 Å². The quantitative estimate of drug-likeness (QED) is 0.347. The molecule has 7 nitrogen and oxygen atoms in total. The van der Waals surface area contributed by atoms with Crippen molar-refractivity contribution in [2.24, 2.45) is 0 Å². The Bertz CT molecular complexity index is 1180. The number of thioether (sulfide) groups is 1. The number of ether oxygens (including phenoxy) is 3. The molecule has 2 amide bonds. The average molecular weight is 553 g/mol. The van der Waals surface area contributed by atoms with E-state index < -0.39 is 5.91 Å². The summed E-state index contributed by atoms with van der Waals surface area (Å²) in [7, 11) is 1.50. The van der Waals surface area contributed by atoms with Gasteiger partial charge < -0.3 is 19.5 Å². The van der Waals surface area contributed by atoms with Crippen LogP contribution in [0.15, 0.2) is 41.3 Å². The Morgan fingerprint density at radius 3 is 2.89 bits per heavy atom. The fourth-order valence-corrected chi connectivity index (χ4v) is 5.25. The van der Waals surface area contributed by atoms with E-state index in [-0.39, 0.29) is 23.6 Å². The summed E-state index contributed by atoms with van der Waals surface area (Å²) in [4.78, 5) is 27.3. The molecule has 0 bridgehead atoms. The first-order valence-corrected chi connectivity index (χ1v) is 12.8. The molecule has 2 aliphatic rings. The monoisotopic (exact) mass is 552 g/mol. The topological polar surface area (TPSA) is 77.1 Å². The molecule has 2 heterocycles. The Kier molecular flexibility index (Phi) is 8.56. The van der Waals surface area contributed by atoms with Gasteiger partial charge in [-0.3, -0.25) is 14.5 Å². The zero-order valence-corrected chi connectivity index (χ0v) is 21.9. The van der Waals surface area contributed by atoms with Gasteiger partial charge in [-0.2, -0.15) is 0 Å². The summed E-state index contributed by atoms with van der Waals surface area (Å²) in [5.41, 5.74) is 1.13. The molecule has 2 aromatic carbocycles. The van der Waals surface area contributed by atoms with Crippen LogP contribution in [0.1, 0.15) is 18.4 Å². The van der Waals surface area contributed by atoms with Gasteiger partial charge in [-0.05, 0) is 48.7 Å². The number of thiocarbonyl (C=S) groups is 1. The van der Waals surface area contributed by atoms with Crippen LogP contribution in [0, 0.1) is 0 Å². The molecule has 184 valence electrons. The highest BCUT2D eigenvalue weighted by Crippen LogP contribution is 2.35. The molecule has 1 N–H and O–H groups in total. The highest BCUT2D eigenvalue weighted by Gasteiger charge is 2.34. The number of hydrogen-bond acceptors (Lipinski definition) is 7. The molecule has 2 saturated heterocycles. The number of amides is 2. The minimum atomic E-state index is -0.407. The van der Waals surface area contributed by atoms with Gasteiger partial charge in [0.25, 0.3) is 11.8 Å². The van der Waals surface area contributed by atoms with Gasteiger partial charge in [0, 0.05) is 6.61 Å². The fraction of sp³-hybridized carbons (Fsp3) is 0.292. The Labute approximate surface area is 222 Å². The molecule has 2 aromatic rings. The second-order valence-electron chi connectivity index (χ2n) is 7.78. The van der Waals surface area contributed by atoms with Crippen LogP contribution in [-0.4, -0.2) is 54.0 Å². The predicted octanol–water partition coefficient (Wildman–Crippen LogP) is 5.40. The number of hydrogen-bond donors (Lipinski definition) is 1. The molecule has 1 atom stereocenters. The van der Waals surface area contributed by atoms with Gasteiger partial charge in [-0.25, -0.2) is 0 Å². The van der Waals surface area contributed by atoms with Crippen molar-refractivity contribution in [3.8, 4) is 11.5 Å². The first-order chi connectivity index (χ1) is 16.9. The number of benzene rings is 2. The largest absolute Gasteiger partial charge is 0.493 e. The van der Waals surface area contributed by atoms with E-state index in [0.29, 0.717) is 38.0 Å². The summed E-state index contributed by atoms with van der Waals surface area (Å²) in [5.74, 6) is 0.256. The molecular formula is C24H22Cl2N2O5S2. The molecule has 0 spiro atoms. The van der Waals surface area contributed by atoms with Crippen LogP contribution < -0.4 is 14.8 Å². The lowest BCUT2D eigenvalue weighted by Gasteiger charge is -2.18.